The molecule has 0 saturated heterocycles. The molecular weight excluding hydrogens is 282 g/mol. The van der Waals surface area contributed by atoms with Crippen molar-refractivity contribution in [1.29, 1.82) is 0 Å². The molecule has 130 valence electrons. The molecule has 0 bridgehead atoms. The van der Waals surface area contributed by atoms with E-state index in [0.29, 0.717) is 5.92 Å². The third kappa shape index (κ3) is 5.93. The van der Waals surface area contributed by atoms with Crippen molar-refractivity contribution in [3.8, 4) is 0 Å². The van der Waals surface area contributed by atoms with Crippen LogP contribution >= 0.6 is 0 Å². The molecule has 1 saturated carbocycles. The maximum Gasteiger partial charge on any atom is 0.0611 e. The molecule has 1 aromatic carbocycles. The summed E-state index contributed by atoms with van der Waals surface area (Å²) in [5, 5.41) is 9.44. The second kappa shape index (κ2) is 9.44. The van der Waals surface area contributed by atoms with Crippen LogP contribution in [0.1, 0.15) is 88.2 Å². The molecular formula is C21H35NO. The number of hydrogen-bond acceptors (Lipinski definition) is 2. The van der Waals surface area contributed by atoms with Crippen LogP contribution in [0.5, 0.6) is 0 Å². The third-order valence-electron chi connectivity index (χ3n) is 5.45. The van der Waals surface area contributed by atoms with Crippen LogP contribution in [0.3, 0.4) is 0 Å². The molecule has 0 aliphatic heterocycles. The van der Waals surface area contributed by atoms with Gasteiger partial charge in [-0.3, -0.25) is 0 Å². The van der Waals surface area contributed by atoms with Gasteiger partial charge in [0.1, 0.15) is 0 Å². The highest BCUT2D eigenvalue weighted by atomic mass is 16.3. The Balaban J connectivity index is 1.75. The Labute approximate surface area is 142 Å². The van der Waals surface area contributed by atoms with Crippen molar-refractivity contribution in [1.82, 2.24) is 0 Å². The van der Waals surface area contributed by atoms with Gasteiger partial charge in [0.05, 0.1) is 6.61 Å². The lowest BCUT2D eigenvalue weighted by atomic mass is 9.92. The van der Waals surface area contributed by atoms with Gasteiger partial charge in [0, 0.05) is 5.54 Å². The molecule has 0 amide bonds. The van der Waals surface area contributed by atoms with Crippen LogP contribution < -0.4 is 5.73 Å². The lowest BCUT2D eigenvalue weighted by molar-refractivity contribution is 0.198. The third-order valence-corrected chi connectivity index (χ3v) is 5.45. The molecule has 0 spiro atoms. The zero-order valence-electron chi connectivity index (χ0n) is 14.9. The number of benzene rings is 1. The summed E-state index contributed by atoms with van der Waals surface area (Å²) < 4.78 is 0. The van der Waals surface area contributed by atoms with Crippen molar-refractivity contribution in [3.05, 3.63) is 35.4 Å². The minimum Gasteiger partial charge on any atom is -0.394 e. The van der Waals surface area contributed by atoms with E-state index in [2.05, 4.69) is 31.2 Å². The standard InChI is InChI=1S/C21H35NO/c1-2-3-4-5-6-7-8-10-18-11-9-12-19(15-18)20-13-14-21(22,16-20)17-23/h9,11-12,15,20,23H,2-8,10,13-14,16-17,22H2,1H3/t20-,21?/m0/s1. The molecule has 1 fully saturated rings. The average molecular weight is 318 g/mol. The van der Waals surface area contributed by atoms with Gasteiger partial charge < -0.3 is 10.8 Å². The Kier molecular flexibility index (Phi) is 7.58. The zero-order chi connectivity index (χ0) is 16.5. The smallest absolute Gasteiger partial charge is 0.0611 e. The molecule has 0 heterocycles. The van der Waals surface area contributed by atoms with Crippen LogP contribution in [0.4, 0.5) is 0 Å². The number of aliphatic hydroxyl groups is 1. The van der Waals surface area contributed by atoms with Gasteiger partial charge in [-0.1, -0.05) is 69.7 Å². The molecule has 1 aromatic rings. The van der Waals surface area contributed by atoms with Gasteiger partial charge in [-0.05, 0) is 49.1 Å². The van der Waals surface area contributed by atoms with E-state index in [4.69, 9.17) is 5.73 Å². The van der Waals surface area contributed by atoms with Gasteiger partial charge in [-0.25, -0.2) is 0 Å². The summed E-state index contributed by atoms with van der Waals surface area (Å²) in [6, 6.07) is 9.07. The van der Waals surface area contributed by atoms with Crippen molar-refractivity contribution in [3.63, 3.8) is 0 Å². The summed E-state index contributed by atoms with van der Waals surface area (Å²) in [5.74, 6) is 0.529. The SMILES string of the molecule is CCCCCCCCCc1cccc([C@H]2CCC(N)(CO)C2)c1. The number of rotatable bonds is 10. The highest BCUT2D eigenvalue weighted by molar-refractivity contribution is 5.28. The lowest BCUT2D eigenvalue weighted by Gasteiger charge is -2.21. The summed E-state index contributed by atoms with van der Waals surface area (Å²) in [7, 11) is 0. The van der Waals surface area contributed by atoms with Gasteiger partial charge in [0.15, 0.2) is 0 Å². The van der Waals surface area contributed by atoms with Gasteiger partial charge in [-0.2, -0.15) is 0 Å². The van der Waals surface area contributed by atoms with Gasteiger partial charge >= 0.3 is 0 Å². The van der Waals surface area contributed by atoms with Crippen LogP contribution in [-0.2, 0) is 6.42 Å². The number of hydrogen-bond donors (Lipinski definition) is 2. The summed E-state index contributed by atoms with van der Waals surface area (Å²) >= 11 is 0. The van der Waals surface area contributed by atoms with E-state index < -0.39 is 0 Å². The maximum atomic E-state index is 9.44. The Morgan fingerprint density at radius 1 is 1.13 bits per heavy atom. The Morgan fingerprint density at radius 2 is 1.87 bits per heavy atom. The first kappa shape index (κ1) is 18.5. The Bertz CT molecular complexity index is 459. The summed E-state index contributed by atoms with van der Waals surface area (Å²) in [6.07, 6.45) is 13.7. The molecule has 2 heteroatoms. The van der Waals surface area contributed by atoms with Crippen LogP contribution in [0.25, 0.3) is 0 Å². The highest BCUT2D eigenvalue weighted by Crippen LogP contribution is 2.39. The normalized spacial score (nSPS) is 24.2. The second-order valence-corrected chi connectivity index (χ2v) is 7.58. The van der Waals surface area contributed by atoms with Crippen molar-refractivity contribution in [2.24, 2.45) is 5.73 Å². The van der Waals surface area contributed by atoms with Crippen molar-refractivity contribution < 1.29 is 5.11 Å². The minimum absolute atomic E-state index is 0.112. The molecule has 0 aromatic heterocycles. The van der Waals surface area contributed by atoms with E-state index in [1.54, 1.807) is 0 Å². The predicted molar refractivity (Wildman–Crippen MR) is 98.7 cm³/mol. The van der Waals surface area contributed by atoms with E-state index in [9.17, 15) is 5.11 Å². The average Bonchev–Trinajstić information content (AvgIpc) is 2.98. The largest absolute Gasteiger partial charge is 0.394 e. The van der Waals surface area contributed by atoms with Gasteiger partial charge in [0.25, 0.3) is 0 Å². The molecule has 2 atom stereocenters. The van der Waals surface area contributed by atoms with Gasteiger partial charge in [0.2, 0.25) is 0 Å². The van der Waals surface area contributed by atoms with E-state index in [0.717, 1.165) is 19.3 Å². The van der Waals surface area contributed by atoms with Crippen LogP contribution in [-0.4, -0.2) is 17.3 Å². The molecule has 3 N–H and O–H groups in total. The van der Waals surface area contributed by atoms with Crippen LogP contribution in [0.15, 0.2) is 24.3 Å². The monoisotopic (exact) mass is 317 g/mol. The van der Waals surface area contributed by atoms with Crippen molar-refractivity contribution in [2.45, 2.75) is 89.0 Å². The van der Waals surface area contributed by atoms with Gasteiger partial charge in [-0.15, -0.1) is 0 Å². The molecule has 1 unspecified atom stereocenters. The molecule has 0 radical (unpaired) electrons. The molecule has 23 heavy (non-hydrogen) atoms. The fourth-order valence-electron chi connectivity index (χ4n) is 3.87. The fraction of sp³-hybridized carbons (Fsp3) is 0.714. The topological polar surface area (TPSA) is 46.2 Å². The van der Waals surface area contributed by atoms with E-state index in [1.807, 2.05) is 0 Å². The van der Waals surface area contributed by atoms with Crippen LogP contribution in [0, 0.1) is 0 Å². The highest BCUT2D eigenvalue weighted by Gasteiger charge is 2.35. The van der Waals surface area contributed by atoms with E-state index in [-0.39, 0.29) is 12.1 Å². The number of unbranched alkanes of at least 4 members (excludes halogenated alkanes) is 6. The van der Waals surface area contributed by atoms with Crippen molar-refractivity contribution >= 4 is 0 Å². The fourth-order valence-corrected chi connectivity index (χ4v) is 3.87. The minimum atomic E-state index is -0.348. The first-order valence-corrected chi connectivity index (χ1v) is 9.65. The molecule has 1 aliphatic carbocycles. The molecule has 1 aliphatic rings. The number of aliphatic hydroxyl groups excluding tert-OH is 1. The summed E-state index contributed by atoms with van der Waals surface area (Å²) in [6.45, 7) is 2.38. The molecule has 2 rings (SSSR count). The predicted octanol–water partition coefficient (Wildman–Crippen LogP) is 4.94. The number of aryl methyl sites for hydroxylation is 1. The lowest BCUT2D eigenvalue weighted by Crippen LogP contribution is -2.40. The second-order valence-electron chi connectivity index (χ2n) is 7.58. The molecule has 2 nitrogen and oxygen atoms in total. The maximum absolute atomic E-state index is 9.44. The zero-order valence-corrected chi connectivity index (χ0v) is 14.9. The van der Waals surface area contributed by atoms with Crippen molar-refractivity contribution in [2.75, 3.05) is 6.61 Å². The Morgan fingerprint density at radius 3 is 2.57 bits per heavy atom. The summed E-state index contributed by atoms with van der Waals surface area (Å²) in [4.78, 5) is 0. The first-order chi connectivity index (χ1) is 11.2. The van der Waals surface area contributed by atoms with Crippen LogP contribution in [0.2, 0.25) is 0 Å². The van der Waals surface area contributed by atoms with E-state index in [1.165, 1.54) is 62.5 Å². The summed E-state index contributed by atoms with van der Waals surface area (Å²) in [5.41, 5.74) is 8.76. The van der Waals surface area contributed by atoms with E-state index >= 15 is 0 Å². The number of nitrogens with two attached hydrogens (primary N) is 1. The first-order valence-electron chi connectivity index (χ1n) is 9.65. The Hall–Kier alpha value is -0.860. The quantitative estimate of drug-likeness (QED) is 0.601.